The highest BCUT2D eigenvalue weighted by Gasteiger charge is 2.17. The normalized spacial score (nSPS) is 12.1. The van der Waals surface area contributed by atoms with E-state index in [1.54, 1.807) is 33.8 Å². The quantitative estimate of drug-likeness (QED) is 0.887. The van der Waals surface area contributed by atoms with Gasteiger partial charge in [-0.15, -0.1) is 22.7 Å². The van der Waals surface area contributed by atoms with Crippen LogP contribution in [0.15, 0.2) is 29.1 Å². The summed E-state index contributed by atoms with van der Waals surface area (Å²) in [5.74, 6) is 0. The minimum Gasteiger partial charge on any atom is -0.329 e. The second-order valence-corrected chi connectivity index (χ2v) is 6.49. The largest absolute Gasteiger partial charge is 0.329 e. The van der Waals surface area contributed by atoms with Crippen LogP contribution < -0.4 is 5.32 Å². The first kappa shape index (κ1) is 15.0. The number of nitrogens with one attached hydrogen (secondary N) is 1. The molecule has 6 heteroatoms. The Morgan fingerprint density at radius 2 is 2.30 bits per heavy atom. The number of aromatic nitrogens is 1. The van der Waals surface area contributed by atoms with E-state index in [1.165, 1.54) is 4.88 Å². The fourth-order valence-electron chi connectivity index (χ4n) is 1.84. The van der Waals surface area contributed by atoms with Crippen molar-refractivity contribution in [3.8, 4) is 0 Å². The van der Waals surface area contributed by atoms with Gasteiger partial charge in [0, 0.05) is 30.0 Å². The number of thiazole rings is 1. The van der Waals surface area contributed by atoms with E-state index in [9.17, 15) is 4.79 Å². The van der Waals surface area contributed by atoms with Crippen LogP contribution in [-0.4, -0.2) is 29.5 Å². The van der Waals surface area contributed by atoms with Crippen molar-refractivity contribution in [3.63, 3.8) is 0 Å². The maximum atomic E-state index is 12.2. The molecular formula is C14H19N3OS2. The first-order chi connectivity index (χ1) is 9.70. The summed E-state index contributed by atoms with van der Waals surface area (Å²) >= 11 is 3.30. The van der Waals surface area contributed by atoms with Gasteiger partial charge in [0.15, 0.2) is 0 Å². The second kappa shape index (κ2) is 7.40. The molecule has 0 unspecified atom stereocenters. The van der Waals surface area contributed by atoms with Crippen molar-refractivity contribution in [1.82, 2.24) is 15.2 Å². The lowest BCUT2D eigenvalue weighted by atomic mass is 10.2. The van der Waals surface area contributed by atoms with E-state index < -0.39 is 0 Å². The number of amides is 2. The summed E-state index contributed by atoms with van der Waals surface area (Å²) < 4.78 is 0. The number of hydrogen-bond donors (Lipinski definition) is 1. The number of nitrogens with zero attached hydrogens (tertiary/aromatic N) is 2. The van der Waals surface area contributed by atoms with Gasteiger partial charge in [0.25, 0.3) is 0 Å². The van der Waals surface area contributed by atoms with Crippen LogP contribution in [0.3, 0.4) is 0 Å². The number of carbonyl (C=O) groups excluding carboxylic acids is 1. The fourth-order valence-corrected chi connectivity index (χ4v) is 3.31. The predicted molar refractivity (Wildman–Crippen MR) is 84.3 cm³/mol. The molecule has 0 bridgehead atoms. The molecule has 1 N–H and O–H groups in total. The van der Waals surface area contributed by atoms with Crippen molar-refractivity contribution >= 4 is 28.7 Å². The van der Waals surface area contributed by atoms with Crippen molar-refractivity contribution in [2.45, 2.75) is 25.8 Å². The van der Waals surface area contributed by atoms with E-state index in [4.69, 9.17) is 0 Å². The van der Waals surface area contributed by atoms with E-state index in [1.807, 2.05) is 18.5 Å². The molecule has 0 saturated carbocycles. The minimum atomic E-state index is -0.0383. The zero-order chi connectivity index (χ0) is 14.4. The molecule has 0 radical (unpaired) electrons. The van der Waals surface area contributed by atoms with Crippen LogP contribution in [0.25, 0.3) is 0 Å². The summed E-state index contributed by atoms with van der Waals surface area (Å²) in [6.45, 7) is 2.78. The topological polar surface area (TPSA) is 45.2 Å². The number of likely N-dealkylation sites (N-methyl/N-ethyl adjacent to an activating group) is 1. The number of urea groups is 1. The lowest BCUT2D eigenvalue weighted by molar-refractivity contribution is 0.205. The summed E-state index contributed by atoms with van der Waals surface area (Å²) in [7, 11) is 1.83. The van der Waals surface area contributed by atoms with Crippen LogP contribution in [0.1, 0.15) is 29.3 Å². The van der Waals surface area contributed by atoms with Crippen LogP contribution in [-0.2, 0) is 6.42 Å². The van der Waals surface area contributed by atoms with Crippen LogP contribution >= 0.6 is 22.7 Å². The van der Waals surface area contributed by atoms with Gasteiger partial charge in [-0.3, -0.25) is 0 Å². The molecule has 2 aromatic heterocycles. The van der Waals surface area contributed by atoms with Gasteiger partial charge < -0.3 is 10.2 Å². The Balaban J connectivity index is 1.83. The molecule has 1 atom stereocenters. The Kier molecular flexibility index (Phi) is 5.55. The van der Waals surface area contributed by atoms with E-state index in [0.29, 0.717) is 0 Å². The number of carbonyl (C=O) groups is 1. The highest BCUT2D eigenvalue weighted by Crippen LogP contribution is 2.19. The Hall–Kier alpha value is -1.40. The number of hydrogen-bond acceptors (Lipinski definition) is 4. The van der Waals surface area contributed by atoms with E-state index >= 15 is 0 Å². The standard InChI is InChI=1S/C14H19N3OS2/c1-3-12(13-15-7-10-20-13)16-14(18)17(2)8-6-11-5-4-9-19-11/h4-5,7,9-10,12H,3,6,8H2,1-2H3,(H,16,18)/t12-/m1/s1. The molecule has 2 rings (SSSR count). The third kappa shape index (κ3) is 4.05. The lowest BCUT2D eigenvalue weighted by Crippen LogP contribution is -2.40. The van der Waals surface area contributed by atoms with E-state index in [-0.39, 0.29) is 12.1 Å². The fraction of sp³-hybridized carbons (Fsp3) is 0.429. The van der Waals surface area contributed by atoms with E-state index in [0.717, 1.165) is 24.4 Å². The molecule has 20 heavy (non-hydrogen) atoms. The zero-order valence-corrected chi connectivity index (χ0v) is 13.3. The van der Waals surface area contributed by atoms with Gasteiger partial charge in [0.2, 0.25) is 0 Å². The van der Waals surface area contributed by atoms with Crippen molar-refractivity contribution in [2.24, 2.45) is 0 Å². The van der Waals surface area contributed by atoms with Gasteiger partial charge in [-0.25, -0.2) is 9.78 Å². The van der Waals surface area contributed by atoms with Crippen LogP contribution in [0, 0.1) is 0 Å². The molecule has 0 aliphatic carbocycles. The molecule has 108 valence electrons. The highest BCUT2D eigenvalue weighted by molar-refractivity contribution is 7.10. The minimum absolute atomic E-state index is 0.00619. The van der Waals surface area contributed by atoms with Gasteiger partial charge in [0.05, 0.1) is 6.04 Å². The molecule has 2 aromatic rings. The van der Waals surface area contributed by atoms with Crippen molar-refractivity contribution in [3.05, 3.63) is 39.0 Å². The van der Waals surface area contributed by atoms with Crippen LogP contribution in [0.2, 0.25) is 0 Å². The van der Waals surface area contributed by atoms with Gasteiger partial charge >= 0.3 is 6.03 Å². The van der Waals surface area contributed by atoms with Gasteiger partial charge in [-0.05, 0) is 24.3 Å². The summed E-state index contributed by atoms with van der Waals surface area (Å²) in [5.41, 5.74) is 0. The first-order valence-corrected chi connectivity index (χ1v) is 8.40. The third-order valence-electron chi connectivity index (χ3n) is 3.08. The third-order valence-corrected chi connectivity index (χ3v) is 4.90. The maximum Gasteiger partial charge on any atom is 0.317 e. The predicted octanol–water partition coefficient (Wildman–Crippen LogP) is 3.54. The highest BCUT2D eigenvalue weighted by atomic mass is 32.1. The monoisotopic (exact) mass is 309 g/mol. The van der Waals surface area contributed by atoms with Crippen molar-refractivity contribution in [1.29, 1.82) is 0 Å². The molecular weight excluding hydrogens is 290 g/mol. The van der Waals surface area contributed by atoms with E-state index in [2.05, 4.69) is 28.7 Å². The Morgan fingerprint density at radius 3 is 2.90 bits per heavy atom. The summed E-state index contributed by atoms with van der Waals surface area (Å²) in [5, 5.41) is 8.00. The zero-order valence-electron chi connectivity index (χ0n) is 11.7. The number of rotatable bonds is 6. The summed E-state index contributed by atoms with van der Waals surface area (Å²) in [6.07, 6.45) is 3.52. The number of thiophene rings is 1. The van der Waals surface area contributed by atoms with Gasteiger partial charge in [-0.1, -0.05) is 13.0 Å². The molecule has 0 aliphatic rings. The first-order valence-electron chi connectivity index (χ1n) is 6.64. The molecule has 4 nitrogen and oxygen atoms in total. The molecule has 2 heterocycles. The average Bonchev–Trinajstić information content (AvgIpc) is 3.14. The molecule has 0 aromatic carbocycles. The van der Waals surface area contributed by atoms with Crippen molar-refractivity contribution in [2.75, 3.05) is 13.6 Å². The SMILES string of the molecule is CC[C@@H](NC(=O)N(C)CCc1cccs1)c1nccs1. The molecule has 0 saturated heterocycles. The van der Waals surface area contributed by atoms with Gasteiger partial charge in [0.1, 0.15) is 5.01 Å². The van der Waals surface area contributed by atoms with Crippen LogP contribution in [0.5, 0.6) is 0 Å². The second-order valence-electron chi connectivity index (χ2n) is 4.53. The van der Waals surface area contributed by atoms with Crippen LogP contribution in [0.4, 0.5) is 4.79 Å². The Labute approximate surface area is 127 Å². The maximum absolute atomic E-state index is 12.2. The lowest BCUT2D eigenvalue weighted by Gasteiger charge is -2.21. The smallest absolute Gasteiger partial charge is 0.317 e. The Morgan fingerprint density at radius 1 is 1.45 bits per heavy atom. The molecule has 2 amide bonds. The Bertz CT molecular complexity index is 511. The van der Waals surface area contributed by atoms with Gasteiger partial charge in [-0.2, -0.15) is 0 Å². The average molecular weight is 309 g/mol. The van der Waals surface area contributed by atoms with Crippen molar-refractivity contribution < 1.29 is 4.79 Å². The molecule has 0 spiro atoms. The summed E-state index contributed by atoms with van der Waals surface area (Å²) in [6, 6.07) is 4.10. The summed E-state index contributed by atoms with van der Waals surface area (Å²) in [4.78, 5) is 19.5. The molecule has 0 fully saturated rings. The molecule has 0 aliphatic heterocycles.